The summed E-state index contributed by atoms with van der Waals surface area (Å²) in [6.45, 7) is 2.16. The molecule has 0 aromatic heterocycles. The molecule has 0 aliphatic rings. The van der Waals surface area contributed by atoms with Gasteiger partial charge in [0.15, 0.2) is 5.75 Å². The van der Waals surface area contributed by atoms with Crippen LogP contribution < -0.4 is 15.6 Å². The molecule has 0 radical (unpaired) electrons. The minimum atomic E-state index is -0.528. The van der Waals surface area contributed by atoms with Crippen molar-refractivity contribution in [1.82, 2.24) is 0 Å². The number of hydrogen-bond acceptors (Lipinski definition) is 3. The van der Waals surface area contributed by atoms with E-state index in [1.165, 1.54) is 0 Å². The first kappa shape index (κ1) is 11.1. The Morgan fingerprint density at radius 3 is 2.31 bits per heavy atom. The summed E-state index contributed by atoms with van der Waals surface area (Å²) in [6, 6.07) is 7.20. The lowest BCUT2D eigenvalue weighted by Crippen LogP contribution is -2.34. The summed E-state index contributed by atoms with van der Waals surface area (Å²) in [7, 11) is 0. The highest BCUT2D eigenvalue weighted by molar-refractivity contribution is 9.10. The standard InChI is InChI=1S/C12H9BrO3/c1-2-16-12-9(10(14)11(12)15)7-3-5-8(13)6-4-7/h3-6H,2H2,1H3. The van der Waals surface area contributed by atoms with Crippen molar-refractivity contribution in [2.45, 2.75) is 6.92 Å². The van der Waals surface area contributed by atoms with Gasteiger partial charge in [0.05, 0.1) is 12.2 Å². The van der Waals surface area contributed by atoms with Crippen LogP contribution in [0.25, 0.3) is 11.1 Å². The van der Waals surface area contributed by atoms with Crippen molar-refractivity contribution in [3.63, 3.8) is 0 Å². The molecule has 4 heteroatoms. The molecule has 0 atom stereocenters. The van der Waals surface area contributed by atoms with Crippen LogP contribution in [0.5, 0.6) is 5.75 Å². The van der Waals surface area contributed by atoms with Crippen LogP contribution in [0.3, 0.4) is 0 Å². The molecule has 0 aliphatic carbocycles. The van der Waals surface area contributed by atoms with Crippen molar-refractivity contribution in [3.05, 3.63) is 49.2 Å². The molecule has 0 heterocycles. The van der Waals surface area contributed by atoms with Gasteiger partial charge in [0.25, 0.3) is 5.43 Å². The van der Waals surface area contributed by atoms with E-state index in [1.807, 2.05) is 12.1 Å². The van der Waals surface area contributed by atoms with Crippen molar-refractivity contribution in [2.24, 2.45) is 0 Å². The summed E-state index contributed by atoms with van der Waals surface area (Å²) < 4.78 is 6.08. The zero-order valence-electron chi connectivity index (χ0n) is 8.62. The zero-order valence-corrected chi connectivity index (χ0v) is 10.2. The first-order chi connectivity index (χ1) is 7.65. The Labute approximate surface area is 101 Å². The smallest absolute Gasteiger partial charge is 0.268 e. The summed E-state index contributed by atoms with van der Waals surface area (Å²) in [4.78, 5) is 22.7. The molecule has 0 unspecified atom stereocenters. The first-order valence-corrected chi connectivity index (χ1v) is 5.66. The number of ether oxygens (including phenoxy) is 1. The van der Waals surface area contributed by atoms with Gasteiger partial charge in [-0.15, -0.1) is 0 Å². The molecule has 0 saturated carbocycles. The molecular formula is C12H9BrO3. The van der Waals surface area contributed by atoms with Crippen molar-refractivity contribution >= 4 is 15.9 Å². The lowest BCUT2D eigenvalue weighted by molar-refractivity contribution is 0.334. The lowest BCUT2D eigenvalue weighted by Gasteiger charge is -2.10. The van der Waals surface area contributed by atoms with E-state index in [9.17, 15) is 9.59 Å². The van der Waals surface area contributed by atoms with Crippen molar-refractivity contribution in [2.75, 3.05) is 6.61 Å². The molecule has 2 aromatic rings. The molecule has 0 N–H and O–H groups in total. The Morgan fingerprint density at radius 1 is 1.12 bits per heavy atom. The molecular weight excluding hydrogens is 272 g/mol. The second-order valence-electron chi connectivity index (χ2n) is 3.30. The highest BCUT2D eigenvalue weighted by Gasteiger charge is 2.23. The minimum Gasteiger partial charge on any atom is -0.489 e. The Hall–Kier alpha value is -1.42. The Balaban J connectivity index is 2.49. The maximum absolute atomic E-state index is 11.4. The average molecular weight is 281 g/mol. The van der Waals surface area contributed by atoms with E-state index in [-0.39, 0.29) is 5.75 Å². The van der Waals surface area contributed by atoms with Crippen molar-refractivity contribution in [1.29, 1.82) is 0 Å². The van der Waals surface area contributed by atoms with Gasteiger partial charge < -0.3 is 4.74 Å². The monoisotopic (exact) mass is 280 g/mol. The molecule has 0 spiro atoms. The molecule has 0 saturated heterocycles. The highest BCUT2D eigenvalue weighted by Crippen LogP contribution is 2.26. The molecule has 0 aliphatic heterocycles. The summed E-state index contributed by atoms with van der Waals surface area (Å²) in [5, 5.41) is 0. The largest absolute Gasteiger partial charge is 0.489 e. The van der Waals surface area contributed by atoms with Gasteiger partial charge in [-0.25, -0.2) is 0 Å². The van der Waals surface area contributed by atoms with Gasteiger partial charge in [-0.3, -0.25) is 9.59 Å². The maximum atomic E-state index is 11.4. The minimum absolute atomic E-state index is 0.190. The molecule has 2 aromatic carbocycles. The van der Waals surface area contributed by atoms with Crippen LogP contribution in [-0.2, 0) is 0 Å². The fraction of sp³-hybridized carbons (Fsp3) is 0.167. The van der Waals surface area contributed by atoms with Crippen LogP contribution in [-0.4, -0.2) is 6.61 Å². The third-order valence-corrected chi connectivity index (χ3v) is 2.82. The fourth-order valence-electron chi connectivity index (χ4n) is 1.53. The molecule has 2 rings (SSSR count). The number of halogens is 1. The second-order valence-corrected chi connectivity index (χ2v) is 4.22. The van der Waals surface area contributed by atoms with Gasteiger partial charge in [-0.2, -0.15) is 0 Å². The fourth-order valence-corrected chi connectivity index (χ4v) is 1.80. The van der Waals surface area contributed by atoms with Crippen LogP contribution in [0.2, 0.25) is 0 Å². The van der Waals surface area contributed by atoms with E-state index in [0.29, 0.717) is 12.2 Å². The Kier molecular flexibility index (Phi) is 2.92. The van der Waals surface area contributed by atoms with E-state index in [0.717, 1.165) is 10.0 Å². The summed E-state index contributed by atoms with van der Waals surface area (Å²) in [5.74, 6) is 0.190. The molecule has 0 amide bonds. The highest BCUT2D eigenvalue weighted by atomic mass is 79.9. The van der Waals surface area contributed by atoms with Crippen molar-refractivity contribution < 1.29 is 4.74 Å². The van der Waals surface area contributed by atoms with E-state index in [1.54, 1.807) is 19.1 Å². The van der Waals surface area contributed by atoms with E-state index in [4.69, 9.17) is 4.74 Å². The maximum Gasteiger partial charge on any atom is 0.268 e. The SMILES string of the molecule is CCOc1c(-c2ccc(Br)cc2)c(=O)c1=O. The van der Waals surface area contributed by atoms with Gasteiger partial charge in [-0.05, 0) is 24.6 Å². The molecule has 0 bridgehead atoms. The summed E-state index contributed by atoms with van der Waals surface area (Å²) in [6.07, 6.45) is 0. The number of rotatable bonds is 3. The third-order valence-electron chi connectivity index (χ3n) is 2.29. The quantitative estimate of drug-likeness (QED) is 0.809. The first-order valence-electron chi connectivity index (χ1n) is 4.87. The Bertz CT molecular complexity index is 577. The molecule has 82 valence electrons. The average Bonchev–Trinajstić information content (AvgIpc) is 2.30. The van der Waals surface area contributed by atoms with Crippen LogP contribution >= 0.6 is 15.9 Å². The zero-order chi connectivity index (χ0) is 11.7. The lowest BCUT2D eigenvalue weighted by atomic mass is 10.0. The van der Waals surface area contributed by atoms with E-state index >= 15 is 0 Å². The number of hydrogen-bond donors (Lipinski definition) is 0. The van der Waals surface area contributed by atoms with Crippen LogP contribution in [0.1, 0.15) is 6.92 Å². The van der Waals surface area contributed by atoms with Gasteiger partial charge in [0.1, 0.15) is 0 Å². The molecule has 3 nitrogen and oxygen atoms in total. The summed E-state index contributed by atoms with van der Waals surface area (Å²) in [5.41, 5.74) is 0.112. The summed E-state index contributed by atoms with van der Waals surface area (Å²) >= 11 is 3.31. The molecule has 16 heavy (non-hydrogen) atoms. The van der Waals surface area contributed by atoms with Gasteiger partial charge in [-0.1, -0.05) is 28.1 Å². The number of benzene rings is 1. The van der Waals surface area contributed by atoms with Crippen LogP contribution in [0.4, 0.5) is 0 Å². The van der Waals surface area contributed by atoms with Crippen LogP contribution in [0.15, 0.2) is 38.3 Å². The van der Waals surface area contributed by atoms with Crippen LogP contribution in [0, 0.1) is 0 Å². The predicted molar refractivity (Wildman–Crippen MR) is 65.7 cm³/mol. The van der Waals surface area contributed by atoms with Crippen molar-refractivity contribution in [3.8, 4) is 16.9 Å². The Morgan fingerprint density at radius 2 is 1.75 bits per heavy atom. The van der Waals surface area contributed by atoms with Gasteiger partial charge in [0.2, 0.25) is 5.43 Å². The van der Waals surface area contributed by atoms with Gasteiger partial charge in [0, 0.05) is 4.47 Å². The normalized spacial score (nSPS) is 10.6. The second kappa shape index (κ2) is 4.22. The molecule has 0 fully saturated rings. The van der Waals surface area contributed by atoms with E-state index in [2.05, 4.69) is 15.9 Å². The van der Waals surface area contributed by atoms with E-state index < -0.39 is 10.9 Å². The topological polar surface area (TPSA) is 43.4 Å². The van der Waals surface area contributed by atoms with Gasteiger partial charge >= 0.3 is 0 Å². The third kappa shape index (κ3) is 1.69. The predicted octanol–water partition coefficient (Wildman–Crippen LogP) is 2.11.